The average molecular weight is 457 g/mol. The molecule has 0 bridgehead atoms. The highest BCUT2D eigenvalue weighted by Gasteiger charge is 2.17. The first-order chi connectivity index (χ1) is 16.3. The molecule has 0 heteroatoms. The van der Waals surface area contributed by atoms with Crippen LogP contribution in [0.25, 0.3) is 0 Å². The summed E-state index contributed by atoms with van der Waals surface area (Å²) in [5.74, 6) is 0.795. The van der Waals surface area contributed by atoms with Gasteiger partial charge in [-0.05, 0) is 48.3 Å². The smallest absolute Gasteiger partial charge is 0.0159 e. The van der Waals surface area contributed by atoms with Gasteiger partial charge >= 0.3 is 0 Å². The van der Waals surface area contributed by atoms with Crippen molar-refractivity contribution in [2.45, 2.75) is 175 Å². The van der Waals surface area contributed by atoms with Crippen molar-refractivity contribution < 1.29 is 0 Å². The van der Waals surface area contributed by atoms with Gasteiger partial charge < -0.3 is 0 Å². The van der Waals surface area contributed by atoms with E-state index in [9.17, 15) is 0 Å². The molecular weight excluding hydrogens is 396 g/mol. The van der Waals surface area contributed by atoms with E-state index in [2.05, 4.69) is 45.9 Å². The summed E-state index contributed by atoms with van der Waals surface area (Å²) in [4.78, 5) is 0. The molecule has 0 aromatic heterocycles. The van der Waals surface area contributed by atoms with Crippen LogP contribution in [0, 0.1) is 0 Å². The minimum Gasteiger partial charge on any atom is -0.0654 e. The molecule has 0 aliphatic carbocycles. The van der Waals surface area contributed by atoms with E-state index >= 15 is 0 Å². The highest BCUT2D eigenvalue weighted by atomic mass is 14.2. The Labute approximate surface area is 209 Å². The van der Waals surface area contributed by atoms with Crippen molar-refractivity contribution in [3.63, 3.8) is 0 Å². The van der Waals surface area contributed by atoms with Gasteiger partial charge in [-0.15, -0.1) is 0 Å². The second kappa shape index (κ2) is 21.7. The largest absolute Gasteiger partial charge is 0.0654 e. The van der Waals surface area contributed by atoms with Gasteiger partial charge in [0.25, 0.3) is 0 Å². The molecule has 0 fully saturated rings. The first kappa shape index (κ1) is 30.3. The minimum atomic E-state index is 0.795. The standard InChI is InChI=1S/C33H60/c1-5-9-11-13-14-15-16-17-18-19-20-22-27-31(26-21-12-10-6-2)33-29-23-28-30(24-7-3)32(33)25-8-4/h23,28-29,31H,5-22,24-27H2,1-4H3. The fourth-order valence-corrected chi connectivity index (χ4v) is 5.60. The van der Waals surface area contributed by atoms with Crippen LogP contribution in [0.1, 0.15) is 179 Å². The maximum Gasteiger partial charge on any atom is -0.0159 e. The first-order valence-electron chi connectivity index (χ1n) is 15.4. The van der Waals surface area contributed by atoms with Crippen LogP contribution in [0.3, 0.4) is 0 Å². The van der Waals surface area contributed by atoms with Crippen molar-refractivity contribution in [3.8, 4) is 0 Å². The summed E-state index contributed by atoms with van der Waals surface area (Å²) in [5, 5.41) is 0. The summed E-state index contributed by atoms with van der Waals surface area (Å²) in [5.41, 5.74) is 5.09. The van der Waals surface area contributed by atoms with Crippen LogP contribution in [-0.4, -0.2) is 0 Å². The molecule has 0 spiro atoms. The lowest BCUT2D eigenvalue weighted by Gasteiger charge is -2.23. The summed E-state index contributed by atoms with van der Waals surface area (Å²) >= 11 is 0. The van der Waals surface area contributed by atoms with E-state index in [-0.39, 0.29) is 0 Å². The Bertz CT molecular complexity index is 543. The average Bonchev–Trinajstić information content (AvgIpc) is 2.82. The molecule has 0 heterocycles. The fraction of sp³-hybridized carbons (Fsp3) is 0.818. The Hall–Kier alpha value is -0.780. The topological polar surface area (TPSA) is 0 Å². The van der Waals surface area contributed by atoms with Crippen molar-refractivity contribution in [3.05, 3.63) is 34.9 Å². The molecule has 1 atom stereocenters. The third kappa shape index (κ3) is 14.3. The van der Waals surface area contributed by atoms with E-state index in [1.54, 1.807) is 16.7 Å². The van der Waals surface area contributed by atoms with Crippen molar-refractivity contribution in [2.24, 2.45) is 0 Å². The Morgan fingerprint density at radius 3 is 1.42 bits per heavy atom. The molecule has 1 unspecified atom stereocenters. The van der Waals surface area contributed by atoms with Gasteiger partial charge in [0.05, 0.1) is 0 Å². The zero-order chi connectivity index (χ0) is 24.0. The van der Waals surface area contributed by atoms with E-state index in [0.29, 0.717) is 0 Å². The Balaban J connectivity index is 2.47. The van der Waals surface area contributed by atoms with Gasteiger partial charge in [0.1, 0.15) is 0 Å². The summed E-state index contributed by atoms with van der Waals surface area (Å²) in [7, 11) is 0. The van der Waals surface area contributed by atoms with Crippen LogP contribution < -0.4 is 0 Å². The Morgan fingerprint density at radius 1 is 0.485 bits per heavy atom. The van der Waals surface area contributed by atoms with Gasteiger partial charge in [0, 0.05) is 0 Å². The van der Waals surface area contributed by atoms with Gasteiger partial charge in [-0.1, -0.05) is 161 Å². The maximum absolute atomic E-state index is 2.50. The van der Waals surface area contributed by atoms with Gasteiger partial charge in [-0.3, -0.25) is 0 Å². The summed E-state index contributed by atoms with van der Waals surface area (Å²) < 4.78 is 0. The number of unbranched alkanes of at least 4 members (excludes halogenated alkanes) is 14. The quantitative estimate of drug-likeness (QED) is 0.144. The number of hydrogen-bond donors (Lipinski definition) is 0. The van der Waals surface area contributed by atoms with Crippen molar-refractivity contribution in [2.75, 3.05) is 0 Å². The molecule has 0 N–H and O–H groups in total. The zero-order valence-corrected chi connectivity index (χ0v) is 23.4. The number of benzene rings is 1. The van der Waals surface area contributed by atoms with Crippen molar-refractivity contribution in [1.82, 2.24) is 0 Å². The molecule has 1 aromatic rings. The lowest BCUT2D eigenvalue weighted by molar-refractivity contribution is 0.484. The lowest BCUT2D eigenvalue weighted by atomic mass is 9.82. The third-order valence-electron chi connectivity index (χ3n) is 7.58. The zero-order valence-electron chi connectivity index (χ0n) is 23.4. The molecule has 0 nitrogen and oxygen atoms in total. The van der Waals surface area contributed by atoms with Crippen LogP contribution in [0.2, 0.25) is 0 Å². The summed E-state index contributed by atoms with van der Waals surface area (Å²) in [6.45, 7) is 9.32. The maximum atomic E-state index is 2.50. The van der Waals surface area contributed by atoms with Gasteiger partial charge in [-0.25, -0.2) is 0 Å². The van der Waals surface area contributed by atoms with Crippen molar-refractivity contribution in [1.29, 1.82) is 0 Å². The first-order valence-corrected chi connectivity index (χ1v) is 15.4. The van der Waals surface area contributed by atoms with Crippen LogP contribution >= 0.6 is 0 Å². The second-order valence-electron chi connectivity index (χ2n) is 10.7. The second-order valence-corrected chi connectivity index (χ2v) is 10.7. The van der Waals surface area contributed by atoms with Crippen LogP contribution in [0.5, 0.6) is 0 Å². The molecule has 0 amide bonds. The van der Waals surface area contributed by atoms with E-state index in [1.807, 2.05) is 0 Å². The molecule has 1 rings (SSSR count). The van der Waals surface area contributed by atoms with Gasteiger partial charge in [0.2, 0.25) is 0 Å². The predicted molar refractivity (Wildman–Crippen MR) is 152 cm³/mol. The van der Waals surface area contributed by atoms with E-state index in [4.69, 9.17) is 0 Å². The summed E-state index contributed by atoms with van der Waals surface area (Å²) in [6.07, 6.45) is 30.9. The van der Waals surface area contributed by atoms with Crippen LogP contribution in [0.4, 0.5) is 0 Å². The molecule has 1 aromatic carbocycles. The van der Waals surface area contributed by atoms with Crippen molar-refractivity contribution >= 4 is 0 Å². The lowest BCUT2D eigenvalue weighted by Crippen LogP contribution is -2.07. The molecule has 0 aliphatic rings. The highest BCUT2D eigenvalue weighted by molar-refractivity contribution is 5.38. The van der Waals surface area contributed by atoms with E-state index < -0.39 is 0 Å². The van der Waals surface area contributed by atoms with E-state index in [1.165, 1.54) is 141 Å². The molecule has 0 radical (unpaired) electrons. The third-order valence-corrected chi connectivity index (χ3v) is 7.58. The Morgan fingerprint density at radius 2 is 0.939 bits per heavy atom. The predicted octanol–water partition coefficient (Wildman–Crippen LogP) is 11.7. The molecule has 0 aliphatic heterocycles. The monoisotopic (exact) mass is 456 g/mol. The SMILES string of the molecule is CCCCCCCCCCCCCCC(CCCCCC)c1cccc(CCC)c1CCC. The molecule has 192 valence electrons. The minimum absolute atomic E-state index is 0.795. The van der Waals surface area contributed by atoms with Crippen LogP contribution in [0.15, 0.2) is 18.2 Å². The van der Waals surface area contributed by atoms with Gasteiger partial charge in [-0.2, -0.15) is 0 Å². The number of hydrogen-bond acceptors (Lipinski definition) is 0. The van der Waals surface area contributed by atoms with Gasteiger partial charge in [0.15, 0.2) is 0 Å². The normalized spacial score (nSPS) is 12.4. The van der Waals surface area contributed by atoms with Crippen LogP contribution in [-0.2, 0) is 12.8 Å². The molecule has 0 saturated carbocycles. The Kier molecular flexibility index (Phi) is 19.9. The molecule has 0 saturated heterocycles. The number of rotatable bonds is 23. The number of aryl methyl sites for hydroxylation is 1. The summed E-state index contributed by atoms with van der Waals surface area (Å²) in [6, 6.07) is 7.27. The van der Waals surface area contributed by atoms with E-state index in [0.717, 1.165) is 5.92 Å². The highest BCUT2D eigenvalue weighted by Crippen LogP contribution is 2.33. The fourth-order valence-electron chi connectivity index (χ4n) is 5.60. The molecule has 33 heavy (non-hydrogen) atoms. The molecular formula is C33H60.